The van der Waals surface area contributed by atoms with Crippen molar-refractivity contribution in [1.29, 1.82) is 0 Å². The van der Waals surface area contributed by atoms with E-state index in [4.69, 9.17) is 9.84 Å². The van der Waals surface area contributed by atoms with Gasteiger partial charge >= 0.3 is 0 Å². The monoisotopic (exact) mass is 472 g/mol. The third-order valence-electron chi connectivity index (χ3n) is 6.05. The Kier molecular flexibility index (Phi) is 6.54. The molecule has 7 heteroatoms. The maximum absolute atomic E-state index is 12.8. The highest BCUT2D eigenvalue weighted by atomic mass is 32.2. The quantitative estimate of drug-likeness (QED) is 0.446. The van der Waals surface area contributed by atoms with E-state index in [0.717, 1.165) is 64.9 Å². The van der Waals surface area contributed by atoms with Crippen molar-refractivity contribution >= 4 is 28.9 Å². The molecule has 2 aliphatic heterocycles. The number of aromatic nitrogens is 2. The van der Waals surface area contributed by atoms with Crippen molar-refractivity contribution in [3.8, 4) is 22.7 Å². The average Bonchev–Trinajstić information content (AvgIpc) is 3.44. The number of aryl methyl sites for hydroxylation is 1. The number of aliphatic imine (C=N–C) groups is 1. The molecule has 0 saturated carbocycles. The number of ether oxygens (including phenoxy) is 1. The first-order valence-electron chi connectivity index (χ1n) is 11.8. The van der Waals surface area contributed by atoms with Gasteiger partial charge in [0.25, 0.3) is 5.91 Å². The molecule has 2 aliphatic rings. The predicted octanol–water partition coefficient (Wildman–Crippen LogP) is 5.70. The number of thioether (sulfide) groups is 1. The van der Waals surface area contributed by atoms with Crippen molar-refractivity contribution in [1.82, 2.24) is 14.7 Å². The molecule has 6 nitrogen and oxygen atoms in total. The molecule has 0 unspecified atom stereocenters. The van der Waals surface area contributed by atoms with Crippen LogP contribution in [0.15, 0.2) is 64.6 Å². The van der Waals surface area contributed by atoms with Crippen LogP contribution in [0, 0.1) is 6.92 Å². The van der Waals surface area contributed by atoms with Crippen molar-refractivity contribution in [3.63, 3.8) is 0 Å². The highest BCUT2D eigenvalue weighted by Gasteiger charge is 2.27. The van der Waals surface area contributed by atoms with Gasteiger partial charge in [0.15, 0.2) is 5.17 Å². The van der Waals surface area contributed by atoms with Gasteiger partial charge in [0.2, 0.25) is 0 Å². The molecule has 34 heavy (non-hydrogen) atoms. The minimum atomic E-state index is -0.174. The number of nitrogens with zero attached hydrogens (tertiary/aromatic N) is 4. The molecule has 1 aromatic heterocycles. The van der Waals surface area contributed by atoms with Gasteiger partial charge in [-0.2, -0.15) is 10.1 Å². The Morgan fingerprint density at radius 1 is 1.09 bits per heavy atom. The summed E-state index contributed by atoms with van der Waals surface area (Å²) >= 11 is 1.47. The third-order valence-corrected chi connectivity index (χ3v) is 7.09. The standard InChI is InChI=1S/C27H28N4O2S/c1-3-33-22-12-13-23(19(2)16-22)25-20(18-31(29-25)21-10-6-4-7-11-21)17-24-26(32)28-27(34-24)30-14-8-5-9-15-30/h4,6-7,10-13,16-18H,3,5,8-9,14-15H2,1-2H3/b24-17-. The number of carbonyl (C=O) groups is 1. The average molecular weight is 473 g/mol. The third kappa shape index (κ3) is 4.66. The van der Waals surface area contributed by atoms with E-state index in [9.17, 15) is 4.79 Å². The molecular weight excluding hydrogens is 444 g/mol. The van der Waals surface area contributed by atoms with E-state index in [-0.39, 0.29) is 5.91 Å². The molecule has 0 radical (unpaired) electrons. The maximum atomic E-state index is 12.8. The fourth-order valence-electron chi connectivity index (χ4n) is 4.33. The van der Waals surface area contributed by atoms with Crippen LogP contribution in [0.25, 0.3) is 23.0 Å². The summed E-state index contributed by atoms with van der Waals surface area (Å²) < 4.78 is 7.54. The number of hydrogen-bond acceptors (Lipinski definition) is 5. The van der Waals surface area contributed by atoms with Gasteiger partial charge in [-0.15, -0.1) is 0 Å². The highest BCUT2D eigenvalue weighted by Crippen LogP contribution is 2.35. The molecule has 0 bridgehead atoms. The molecule has 1 fully saturated rings. The van der Waals surface area contributed by atoms with Crippen LogP contribution in [-0.2, 0) is 4.79 Å². The van der Waals surface area contributed by atoms with E-state index >= 15 is 0 Å². The SMILES string of the molecule is CCOc1ccc(-c2nn(-c3ccccc3)cc2/C=C2\SC(N3CCCCC3)=NC2=O)c(C)c1. The highest BCUT2D eigenvalue weighted by molar-refractivity contribution is 8.18. The summed E-state index contributed by atoms with van der Waals surface area (Å²) in [5.41, 5.74) is 4.77. The van der Waals surface area contributed by atoms with E-state index in [2.05, 4.69) is 16.8 Å². The topological polar surface area (TPSA) is 59.7 Å². The van der Waals surface area contributed by atoms with Crippen molar-refractivity contribution in [2.24, 2.45) is 4.99 Å². The van der Waals surface area contributed by atoms with Crippen LogP contribution in [0.3, 0.4) is 0 Å². The number of likely N-dealkylation sites (tertiary alicyclic amines) is 1. The zero-order valence-electron chi connectivity index (χ0n) is 19.5. The Bertz CT molecular complexity index is 1260. The molecule has 0 aliphatic carbocycles. The van der Waals surface area contributed by atoms with Gasteiger partial charge in [-0.1, -0.05) is 18.2 Å². The molecule has 2 aromatic carbocycles. The molecule has 0 atom stereocenters. The van der Waals surface area contributed by atoms with Gasteiger partial charge in [0.1, 0.15) is 11.4 Å². The van der Waals surface area contributed by atoms with Crippen LogP contribution in [-0.4, -0.2) is 45.5 Å². The zero-order chi connectivity index (χ0) is 23.5. The van der Waals surface area contributed by atoms with Crippen LogP contribution < -0.4 is 4.74 Å². The molecule has 5 rings (SSSR count). The van der Waals surface area contributed by atoms with Crippen molar-refractivity contribution in [2.75, 3.05) is 19.7 Å². The molecule has 174 valence electrons. The summed E-state index contributed by atoms with van der Waals surface area (Å²) in [5, 5.41) is 5.75. The van der Waals surface area contributed by atoms with Gasteiger partial charge in [-0.05, 0) is 86.8 Å². The lowest BCUT2D eigenvalue weighted by atomic mass is 10.0. The molecule has 1 saturated heterocycles. The fourth-order valence-corrected chi connectivity index (χ4v) is 5.29. The van der Waals surface area contributed by atoms with Crippen molar-refractivity contribution in [3.05, 3.63) is 70.8 Å². The molecule has 3 heterocycles. The molecule has 0 N–H and O–H groups in total. The number of amidine groups is 1. The van der Waals surface area contributed by atoms with E-state index in [0.29, 0.717) is 11.5 Å². The second kappa shape index (κ2) is 9.89. The first-order valence-corrected chi connectivity index (χ1v) is 12.6. The summed E-state index contributed by atoms with van der Waals surface area (Å²) in [5.74, 6) is 0.666. The van der Waals surface area contributed by atoms with E-state index in [1.165, 1.54) is 18.2 Å². The second-order valence-electron chi connectivity index (χ2n) is 8.48. The van der Waals surface area contributed by atoms with Gasteiger partial charge < -0.3 is 9.64 Å². The van der Waals surface area contributed by atoms with Crippen LogP contribution in [0.2, 0.25) is 0 Å². The Labute approximate surface area is 204 Å². The summed E-state index contributed by atoms with van der Waals surface area (Å²) in [7, 11) is 0. The summed E-state index contributed by atoms with van der Waals surface area (Å²) in [6, 6.07) is 16.1. The van der Waals surface area contributed by atoms with Gasteiger partial charge in [-0.25, -0.2) is 4.68 Å². The van der Waals surface area contributed by atoms with E-state index in [1.54, 1.807) is 0 Å². The number of piperidine rings is 1. The summed E-state index contributed by atoms with van der Waals surface area (Å²) in [4.78, 5) is 20.0. The fraction of sp³-hybridized carbons (Fsp3) is 0.296. The lowest BCUT2D eigenvalue weighted by Crippen LogP contribution is -2.33. The Morgan fingerprint density at radius 2 is 1.88 bits per heavy atom. The van der Waals surface area contributed by atoms with Crippen LogP contribution in [0.5, 0.6) is 5.75 Å². The number of hydrogen-bond donors (Lipinski definition) is 0. The second-order valence-corrected chi connectivity index (χ2v) is 9.49. The predicted molar refractivity (Wildman–Crippen MR) is 138 cm³/mol. The summed E-state index contributed by atoms with van der Waals surface area (Å²) in [6.07, 6.45) is 7.47. The normalized spacial score (nSPS) is 17.4. The number of carbonyl (C=O) groups excluding carboxylic acids is 1. The molecule has 1 amide bonds. The van der Waals surface area contributed by atoms with Gasteiger partial charge in [-0.3, -0.25) is 4.79 Å². The Morgan fingerprint density at radius 3 is 2.62 bits per heavy atom. The van der Waals surface area contributed by atoms with E-state index in [1.807, 2.05) is 72.4 Å². The minimum Gasteiger partial charge on any atom is -0.494 e. The van der Waals surface area contributed by atoms with Gasteiger partial charge in [0, 0.05) is 30.4 Å². The number of para-hydroxylation sites is 1. The maximum Gasteiger partial charge on any atom is 0.286 e. The van der Waals surface area contributed by atoms with Crippen molar-refractivity contribution < 1.29 is 9.53 Å². The number of amides is 1. The van der Waals surface area contributed by atoms with Crippen molar-refractivity contribution in [2.45, 2.75) is 33.1 Å². The van der Waals surface area contributed by atoms with Crippen LogP contribution in [0.1, 0.15) is 37.3 Å². The van der Waals surface area contributed by atoms with E-state index < -0.39 is 0 Å². The summed E-state index contributed by atoms with van der Waals surface area (Å²) in [6.45, 7) is 6.59. The largest absolute Gasteiger partial charge is 0.494 e. The van der Waals surface area contributed by atoms with Crippen LogP contribution >= 0.6 is 11.8 Å². The Balaban J connectivity index is 1.53. The first kappa shape index (κ1) is 22.5. The molecular formula is C27H28N4O2S. The molecule has 3 aromatic rings. The number of benzene rings is 2. The smallest absolute Gasteiger partial charge is 0.286 e. The Hall–Kier alpha value is -3.32. The first-order chi connectivity index (χ1) is 16.6. The zero-order valence-corrected chi connectivity index (χ0v) is 20.3. The van der Waals surface area contributed by atoms with Crippen LogP contribution in [0.4, 0.5) is 0 Å². The lowest BCUT2D eigenvalue weighted by Gasteiger charge is -2.27. The van der Waals surface area contributed by atoms with Gasteiger partial charge in [0.05, 0.1) is 17.2 Å². The minimum absolute atomic E-state index is 0.174. The lowest BCUT2D eigenvalue weighted by molar-refractivity contribution is -0.113. The molecule has 0 spiro atoms. The number of rotatable bonds is 5.